The molecule has 0 atom stereocenters. The monoisotopic (exact) mass is 236 g/mol. The molecule has 0 aliphatic rings. The van der Waals surface area contributed by atoms with Crippen LogP contribution in [0.2, 0.25) is 0 Å². The predicted octanol–water partition coefficient (Wildman–Crippen LogP) is 3.58. The molecule has 0 unspecified atom stereocenters. The van der Waals surface area contributed by atoms with E-state index in [0.29, 0.717) is 6.29 Å². The van der Waals surface area contributed by atoms with Crippen molar-refractivity contribution in [1.82, 2.24) is 0 Å². The first-order valence-corrected chi connectivity index (χ1v) is 4.82. The number of carbonyl (C=O) groups is 1. The third-order valence-electron chi connectivity index (χ3n) is 2.36. The SMILES string of the molecule is O=Cc1ccc(-c2ccc(F)c(F)c2)c(F)c1. The van der Waals surface area contributed by atoms with Crippen LogP contribution >= 0.6 is 0 Å². The van der Waals surface area contributed by atoms with Crippen LogP contribution in [0.25, 0.3) is 11.1 Å². The molecule has 2 aromatic carbocycles. The van der Waals surface area contributed by atoms with Gasteiger partial charge in [0.15, 0.2) is 11.6 Å². The van der Waals surface area contributed by atoms with Gasteiger partial charge in [0.05, 0.1) is 0 Å². The standard InChI is InChI=1S/C13H7F3O/c14-11-4-2-9(6-13(11)16)10-3-1-8(7-17)5-12(10)15/h1-7H. The molecule has 86 valence electrons. The minimum Gasteiger partial charge on any atom is -0.298 e. The summed E-state index contributed by atoms with van der Waals surface area (Å²) >= 11 is 0. The molecule has 0 N–H and O–H groups in total. The molecule has 0 heterocycles. The van der Waals surface area contributed by atoms with Gasteiger partial charge in [-0.3, -0.25) is 4.79 Å². The third kappa shape index (κ3) is 2.20. The second-order valence-corrected chi connectivity index (χ2v) is 3.49. The van der Waals surface area contributed by atoms with Gasteiger partial charge in [0.2, 0.25) is 0 Å². The highest BCUT2D eigenvalue weighted by molar-refractivity contribution is 5.77. The lowest BCUT2D eigenvalue weighted by Crippen LogP contribution is -1.90. The third-order valence-corrected chi connectivity index (χ3v) is 2.36. The Morgan fingerprint density at radius 2 is 1.59 bits per heavy atom. The fourth-order valence-electron chi connectivity index (χ4n) is 1.50. The fraction of sp³-hybridized carbons (Fsp3) is 0. The normalized spacial score (nSPS) is 10.3. The number of hydrogen-bond acceptors (Lipinski definition) is 1. The van der Waals surface area contributed by atoms with Gasteiger partial charge in [-0.25, -0.2) is 13.2 Å². The summed E-state index contributed by atoms with van der Waals surface area (Å²) in [6.45, 7) is 0. The first-order valence-electron chi connectivity index (χ1n) is 4.82. The summed E-state index contributed by atoms with van der Waals surface area (Å²) in [6, 6.07) is 6.92. The van der Waals surface area contributed by atoms with E-state index in [0.717, 1.165) is 18.2 Å². The highest BCUT2D eigenvalue weighted by Gasteiger charge is 2.09. The molecule has 0 aliphatic heterocycles. The van der Waals surface area contributed by atoms with Crippen molar-refractivity contribution in [3.8, 4) is 11.1 Å². The summed E-state index contributed by atoms with van der Waals surface area (Å²) in [6.07, 6.45) is 0.512. The van der Waals surface area contributed by atoms with Gasteiger partial charge in [-0.1, -0.05) is 18.2 Å². The highest BCUT2D eigenvalue weighted by Crippen LogP contribution is 2.24. The molecule has 4 heteroatoms. The topological polar surface area (TPSA) is 17.1 Å². The number of aldehydes is 1. The Balaban J connectivity index is 2.52. The van der Waals surface area contributed by atoms with Crippen LogP contribution in [0.1, 0.15) is 10.4 Å². The number of benzene rings is 2. The van der Waals surface area contributed by atoms with Gasteiger partial charge >= 0.3 is 0 Å². The number of halogens is 3. The average molecular weight is 236 g/mol. The van der Waals surface area contributed by atoms with Crippen molar-refractivity contribution < 1.29 is 18.0 Å². The summed E-state index contributed by atoms with van der Waals surface area (Å²) in [4.78, 5) is 10.4. The second-order valence-electron chi connectivity index (χ2n) is 3.49. The summed E-state index contributed by atoms with van der Waals surface area (Å²) in [5.74, 6) is -2.68. The minimum atomic E-state index is -1.04. The lowest BCUT2D eigenvalue weighted by Gasteiger charge is -2.04. The van der Waals surface area contributed by atoms with Gasteiger partial charge in [0.25, 0.3) is 0 Å². The number of hydrogen-bond donors (Lipinski definition) is 0. The quantitative estimate of drug-likeness (QED) is 0.728. The Morgan fingerprint density at radius 3 is 2.18 bits per heavy atom. The highest BCUT2D eigenvalue weighted by atomic mass is 19.2. The summed E-state index contributed by atoms with van der Waals surface area (Å²) in [5.41, 5.74) is 0.530. The van der Waals surface area contributed by atoms with Crippen LogP contribution in [0.5, 0.6) is 0 Å². The van der Waals surface area contributed by atoms with Crippen LogP contribution in [0.4, 0.5) is 13.2 Å². The predicted molar refractivity (Wildman–Crippen MR) is 57.1 cm³/mol. The molecule has 1 nitrogen and oxygen atoms in total. The maximum Gasteiger partial charge on any atom is 0.159 e. The molecule has 0 aliphatic carbocycles. The first kappa shape index (κ1) is 11.4. The minimum absolute atomic E-state index is 0.120. The molecular formula is C13H7F3O. The van der Waals surface area contributed by atoms with E-state index in [1.54, 1.807) is 0 Å². The Hall–Kier alpha value is -2.10. The van der Waals surface area contributed by atoms with E-state index in [1.165, 1.54) is 18.2 Å². The Bertz CT molecular complexity index is 579. The van der Waals surface area contributed by atoms with E-state index in [4.69, 9.17) is 0 Å². The van der Waals surface area contributed by atoms with Crippen LogP contribution < -0.4 is 0 Å². The van der Waals surface area contributed by atoms with Crippen molar-refractivity contribution in [1.29, 1.82) is 0 Å². The van der Waals surface area contributed by atoms with Crippen molar-refractivity contribution in [2.24, 2.45) is 0 Å². The van der Waals surface area contributed by atoms with Crippen LogP contribution in [-0.4, -0.2) is 6.29 Å². The molecule has 0 saturated heterocycles. The molecule has 0 aromatic heterocycles. The van der Waals surface area contributed by atoms with Crippen LogP contribution in [0.15, 0.2) is 36.4 Å². The maximum absolute atomic E-state index is 13.6. The van der Waals surface area contributed by atoms with Crippen molar-refractivity contribution in [3.63, 3.8) is 0 Å². The lowest BCUT2D eigenvalue weighted by atomic mass is 10.0. The first-order chi connectivity index (χ1) is 8.11. The van der Waals surface area contributed by atoms with E-state index in [-0.39, 0.29) is 16.7 Å². The zero-order valence-electron chi connectivity index (χ0n) is 8.58. The van der Waals surface area contributed by atoms with Crippen molar-refractivity contribution in [2.45, 2.75) is 0 Å². The van der Waals surface area contributed by atoms with E-state index in [2.05, 4.69) is 0 Å². The van der Waals surface area contributed by atoms with E-state index in [9.17, 15) is 18.0 Å². The van der Waals surface area contributed by atoms with Crippen molar-refractivity contribution in [2.75, 3.05) is 0 Å². The summed E-state index contributed by atoms with van der Waals surface area (Å²) in [5, 5.41) is 0. The summed E-state index contributed by atoms with van der Waals surface area (Å²) < 4.78 is 39.3. The Morgan fingerprint density at radius 1 is 0.824 bits per heavy atom. The van der Waals surface area contributed by atoms with E-state index < -0.39 is 17.5 Å². The van der Waals surface area contributed by atoms with Gasteiger partial charge in [-0.2, -0.15) is 0 Å². The maximum atomic E-state index is 13.6. The van der Waals surface area contributed by atoms with E-state index in [1.807, 2.05) is 0 Å². The zero-order chi connectivity index (χ0) is 12.4. The number of rotatable bonds is 2. The van der Waals surface area contributed by atoms with Gasteiger partial charge in [0.1, 0.15) is 12.1 Å². The molecule has 0 bridgehead atoms. The van der Waals surface area contributed by atoms with Gasteiger partial charge in [-0.15, -0.1) is 0 Å². The largest absolute Gasteiger partial charge is 0.298 e. The fourth-order valence-corrected chi connectivity index (χ4v) is 1.50. The smallest absolute Gasteiger partial charge is 0.159 e. The summed E-state index contributed by atoms with van der Waals surface area (Å²) in [7, 11) is 0. The molecule has 17 heavy (non-hydrogen) atoms. The van der Waals surface area contributed by atoms with Crippen molar-refractivity contribution in [3.05, 3.63) is 59.4 Å². The Labute approximate surface area is 95.5 Å². The molecule has 0 radical (unpaired) electrons. The molecule has 0 spiro atoms. The van der Waals surface area contributed by atoms with Gasteiger partial charge in [0, 0.05) is 11.1 Å². The molecule has 0 amide bonds. The second kappa shape index (κ2) is 4.41. The molecule has 2 aromatic rings. The van der Waals surface area contributed by atoms with Gasteiger partial charge < -0.3 is 0 Å². The number of carbonyl (C=O) groups excluding carboxylic acids is 1. The Kier molecular flexibility index (Phi) is 2.95. The average Bonchev–Trinajstić information content (AvgIpc) is 2.32. The van der Waals surface area contributed by atoms with Gasteiger partial charge in [-0.05, 0) is 23.8 Å². The lowest BCUT2D eigenvalue weighted by molar-refractivity contribution is 0.112. The van der Waals surface area contributed by atoms with Crippen LogP contribution in [-0.2, 0) is 0 Å². The van der Waals surface area contributed by atoms with Crippen molar-refractivity contribution >= 4 is 6.29 Å². The molecule has 0 fully saturated rings. The van der Waals surface area contributed by atoms with Crippen LogP contribution in [0.3, 0.4) is 0 Å². The van der Waals surface area contributed by atoms with Crippen LogP contribution in [0, 0.1) is 17.5 Å². The molecule has 2 rings (SSSR count). The van der Waals surface area contributed by atoms with E-state index >= 15 is 0 Å². The molecular weight excluding hydrogens is 229 g/mol. The molecule has 0 saturated carbocycles. The zero-order valence-corrected chi connectivity index (χ0v) is 8.58.